The van der Waals surface area contributed by atoms with E-state index in [0.717, 1.165) is 11.1 Å². The van der Waals surface area contributed by atoms with Crippen LogP contribution in [-0.4, -0.2) is 20.9 Å². The van der Waals surface area contributed by atoms with Crippen LogP contribution in [0.5, 0.6) is 0 Å². The van der Waals surface area contributed by atoms with Crippen LogP contribution < -0.4 is 5.32 Å². The maximum absolute atomic E-state index is 12.1. The highest BCUT2D eigenvalue weighted by atomic mass is 35.5. The Balaban J connectivity index is 1.56. The molecular formula is C18H11ClN4O2. The lowest BCUT2D eigenvalue weighted by Crippen LogP contribution is -2.13. The van der Waals surface area contributed by atoms with Crippen LogP contribution in [0.15, 0.2) is 65.5 Å². The highest BCUT2D eigenvalue weighted by Crippen LogP contribution is 2.27. The molecule has 122 valence electrons. The number of nitrogens with one attached hydrogen (secondary N) is 1. The van der Waals surface area contributed by atoms with Crippen molar-refractivity contribution in [2.45, 2.75) is 0 Å². The van der Waals surface area contributed by atoms with Crippen molar-refractivity contribution in [2.75, 3.05) is 5.32 Å². The minimum Gasteiger partial charge on any atom is -0.436 e. The standard InChI is InChI=1S/C18H11ClN4O2/c19-12-3-6-14-16(9-12)25-18(23-14)11-1-4-13(5-2-11)22-17(24)15-10-20-7-8-21-15/h1-10H,(H,22,24). The molecule has 25 heavy (non-hydrogen) atoms. The number of oxazole rings is 1. The summed E-state index contributed by atoms with van der Waals surface area (Å²) >= 11 is 5.96. The van der Waals surface area contributed by atoms with Gasteiger partial charge in [-0.15, -0.1) is 0 Å². The Hall–Kier alpha value is -3.25. The van der Waals surface area contributed by atoms with E-state index in [9.17, 15) is 4.79 Å². The van der Waals surface area contributed by atoms with Crippen LogP contribution in [0.1, 0.15) is 10.5 Å². The molecule has 7 heteroatoms. The molecule has 6 nitrogen and oxygen atoms in total. The van der Waals surface area contributed by atoms with Gasteiger partial charge in [0.15, 0.2) is 5.58 Å². The molecule has 0 aliphatic rings. The summed E-state index contributed by atoms with van der Waals surface area (Å²) in [6.07, 6.45) is 4.39. The predicted molar refractivity (Wildman–Crippen MR) is 94.4 cm³/mol. The summed E-state index contributed by atoms with van der Waals surface area (Å²) in [5.74, 6) is 0.168. The van der Waals surface area contributed by atoms with Gasteiger partial charge >= 0.3 is 0 Å². The fraction of sp³-hybridized carbons (Fsp3) is 0. The summed E-state index contributed by atoms with van der Waals surface area (Å²) < 4.78 is 5.72. The van der Waals surface area contributed by atoms with Crippen molar-refractivity contribution in [3.05, 3.63) is 71.8 Å². The average molecular weight is 351 g/mol. The summed E-state index contributed by atoms with van der Waals surface area (Å²) in [6, 6.07) is 12.5. The van der Waals surface area contributed by atoms with Gasteiger partial charge in [0.2, 0.25) is 5.89 Å². The van der Waals surface area contributed by atoms with Crippen LogP contribution in [-0.2, 0) is 0 Å². The van der Waals surface area contributed by atoms with Crippen molar-refractivity contribution in [1.29, 1.82) is 0 Å². The Kier molecular flexibility index (Phi) is 3.87. The molecule has 2 aromatic carbocycles. The molecular weight excluding hydrogens is 340 g/mol. The van der Waals surface area contributed by atoms with Gasteiger partial charge in [0.1, 0.15) is 11.2 Å². The minimum absolute atomic E-state index is 0.252. The fourth-order valence-corrected chi connectivity index (χ4v) is 2.49. The van der Waals surface area contributed by atoms with E-state index in [1.165, 1.54) is 18.6 Å². The zero-order valence-corrected chi connectivity index (χ0v) is 13.6. The molecule has 0 saturated carbocycles. The van der Waals surface area contributed by atoms with Crippen LogP contribution in [0.3, 0.4) is 0 Å². The third kappa shape index (κ3) is 3.20. The maximum Gasteiger partial charge on any atom is 0.275 e. The number of benzene rings is 2. The quantitative estimate of drug-likeness (QED) is 0.599. The second kappa shape index (κ2) is 6.33. The largest absolute Gasteiger partial charge is 0.436 e. The second-order valence-corrected chi connectivity index (χ2v) is 5.69. The maximum atomic E-state index is 12.1. The Labute approximate surface area is 147 Å². The lowest BCUT2D eigenvalue weighted by Gasteiger charge is -2.04. The van der Waals surface area contributed by atoms with Crippen molar-refractivity contribution >= 4 is 34.3 Å². The number of hydrogen-bond acceptors (Lipinski definition) is 5. The zero-order chi connectivity index (χ0) is 17.2. The molecule has 2 heterocycles. The topological polar surface area (TPSA) is 80.9 Å². The van der Waals surface area contributed by atoms with Crippen molar-refractivity contribution in [2.24, 2.45) is 0 Å². The van der Waals surface area contributed by atoms with Gasteiger partial charge in [-0.05, 0) is 36.4 Å². The van der Waals surface area contributed by atoms with Crippen LogP contribution in [0, 0.1) is 0 Å². The van der Waals surface area contributed by atoms with Crippen LogP contribution >= 0.6 is 11.6 Å². The van der Waals surface area contributed by atoms with Gasteiger partial charge in [-0.2, -0.15) is 0 Å². The highest BCUT2D eigenvalue weighted by molar-refractivity contribution is 6.31. The summed E-state index contributed by atoms with van der Waals surface area (Å²) in [5, 5.41) is 3.36. The SMILES string of the molecule is O=C(Nc1ccc(-c2nc3ccc(Cl)cc3o2)cc1)c1cnccn1. The first kappa shape index (κ1) is 15.3. The summed E-state index contributed by atoms with van der Waals surface area (Å²) in [4.78, 5) is 24.3. The van der Waals surface area contributed by atoms with Crippen molar-refractivity contribution in [3.63, 3.8) is 0 Å². The second-order valence-electron chi connectivity index (χ2n) is 5.25. The van der Waals surface area contributed by atoms with Crippen LogP contribution in [0.2, 0.25) is 5.02 Å². The molecule has 0 unspecified atom stereocenters. The van der Waals surface area contributed by atoms with E-state index in [1.807, 2.05) is 12.1 Å². The van der Waals surface area contributed by atoms with E-state index in [-0.39, 0.29) is 11.6 Å². The number of halogens is 1. The number of anilines is 1. The Bertz CT molecular complexity index is 1050. The summed E-state index contributed by atoms with van der Waals surface area (Å²) in [6.45, 7) is 0. The fourth-order valence-electron chi connectivity index (χ4n) is 2.33. The van der Waals surface area contributed by atoms with Gasteiger partial charge in [0.05, 0.1) is 6.20 Å². The molecule has 1 amide bonds. The zero-order valence-electron chi connectivity index (χ0n) is 12.8. The monoisotopic (exact) mass is 350 g/mol. The first-order chi connectivity index (χ1) is 12.2. The number of rotatable bonds is 3. The normalized spacial score (nSPS) is 10.8. The Morgan fingerprint density at radius 1 is 1.08 bits per heavy atom. The van der Waals surface area contributed by atoms with Gasteiger partial charge < -0.3 is 9.73 Å². The van der Waals surface area contributed by atoms with E-state index in [1.54, 1.807) is 30.3 Å². The first-order valence-electron chi connectivity index (χ1n) is 7.43. The van der Waals surface area contributed by atoms with Crippen molar-refractivity contribution < 1.29 is 9.21 Å². The molecule has 0 radical (unpaired) electrons. The lowest BCUT2D eigenvalue weighted by atomic mass is 10.2. The third-order valence-electron chi connectivity index (χ3n) is 3.54. The first-order valence-corrected chi connectivity index (χ1v) is 7.81. The van der Waals surface area contributed by atoms with E-state index in [0.29, 0.717) is 22.2 Å². The molecule has 0 aliphatic carbocycles. The number of carbonyl (C=O) groups excluding carboxylic acids is 1. The number of fused-ring (bicyclic) bond motifs is 1. The molecule has 0 spiro atoms. The van der Waals surface area contributed by atoms with Crippen LogP contribution in [0.4, 0.5) is 5.69 Å². The summed E-state index contributed by atoms with van der Waals surface area (Å²) in [5.41, 5.74) is 3.05. The highest BCUT2D eigenvalue weighted by Gasteiger charge is 2.10. The number of carbonyl (C=O) groups is 1. The molecule has 1 N–H and O–H groups in total. The number of aromatic nitrogens is 3. The number of amides is 1. The molecule has 2 aromatic heterocycles. The number of hydrogen-bond donors (Lipinski definition) is 1. The van der Waals surface area contributed by atoms with E-state index >= 15 is 0 Å². The minimum atomic E-state index is -0.322. The average Bonchev–Trinajstić information content (AvgIpc) is 3.06. The van der Waals surface area contributed by atoms with E-state index < -0.39 is 0 Å². The van der Waals surface area contributed by atoms with Gasteiger partial charge in [-0.1, -0.05) is 11.6 Å². The molecule has 0 saturated heterocycles. The van der Waals surface area contributed by atoms with Crippen LogP contribution in [0.25, 0.3) is 22.6 Å². The molecule has 0 bridgehead atoms. The molecule has 0 aliphatic heterocycles. The van der Waals surface area contributed by atoms with Gasteiger partial charge in [0.25, 0.3) is 5.91 Å². The summed E-state index contributed by atoms with van der Waals surface area (Å²) in [7, 11) is 0. The van der Waals surface area contributed by atoms with E-state index in [4.69, 9.17) is 16.0 Å². The number of nitrogens with zero attached hydrogens (tertiary/aromatic N) is 3. The molecule has 0 atom stereocenters. The Morgan fingerprint density at radius 3 is 2.68 bits per heavy atom. The Morgan fingerprint density at radius 2 is 1.92 bits per heavy atom. The molecule has 4 aromatic rings. The van der Waals surface area contributed by atoms with Gasteiger partial charge in [-0.25, -0.2) is 9.97 Å². The molecule has 4 rings (SSSR count). The third-order valence-corrected chi connectivity index (χ3v) is 3.77. The van der Waals surface area contributed by atoms with Gasteiger partial charge in [-0.3, -0.25) is 9.78 Å². The van der Waals surface area contributed by atoms with Crippen molar-refractivity contribution in [1.82, 2.24) is 15.0 Å². The molecule has 0 fully saturated rings. The van der Waals surface area contributed by atoms with E-state index in [2.05, 4.69) is 20.3 Å². The lowest BCUT2D eigenvalue weighted by molar-refractivity contribution is 0.102. The van der Waals surface area contributed by atoms with Crippen molar-refractivity contribution in [3.8, 4) is 11.5 Å². The van der Waals surface area contributed by atoms with Gasteiger partial charge in [0, 0.05) is 34.7 Å². The predicted octanol–water partition coefficient (Wildman–Crippen LogP) is 4.19. The smallest absolute Gasteiger partial charge is 0.275 e.